The summed E-state index contributed by atoms with van der Waals surface area (Å²) >= 11 is 1.73. The van der Waals surface area contributed by atoms with Crippen molar-refractivity contribution in [2.24, 2.45) is 0 Å². The van der Waals surface area contributed by atoms with Gasteiger partial charge in [-0.3, -0.25) is 9.36 Å². The van der Waals surface area contributed by atoms with Gasteiger partial charge in [0.15, 0.2) is 0 Å². The molecule has 0 N–H and O–H groups in total. The number of rotatable bonds is 7. The minimum Gasteiger partial charge on any atom is -0.295 e. The summed E-state index contributed by atoms with van der Waals surface area (Å²) in [5.41, 5.74) is 7.04. The van der Waals surface area contributed by atoms with Gasteiger partial charge in [-0.15, -0.1) is 11.3 Å². The van der Waals surface area contributed by atoms with Crippen LogP contribution in [0, 0.1) is 18.3 Å². The van der Waals surface area contributed by atoms with Gasteiger partial charge in [0.2, 0.25) is 0 Å². The number of pyridine rings is 1. The van der Waals surface area contributed by atoms with Gasteiger partial charge in [0.1, 0.15) is 4.83 Å². The Balaban J connectivity index is 1.53. The van der Waals surface area contributed by atoms with E-state index in [2.05, 4.69) is 62.4 Å². The van der Waals surface area contributed by atoms with Crippen molar-refractivity contribution in [2.75, 3.05) is 0 Å². The molecule has 2 aromatic heterocycles. The zero-order valence-electron chi connectivity index (χ0n) is 20.6. The Kier molecular flexibility index (Phi) is 6.84. The molecule has 0 aliphatic rings. The molecule has 0 amide bonds. The number of nitriles is 1. The maximum absolute atomic E-state index is 13.8. The van der Waals surface area contributed by atoms with E-state index < -0.39 is 0 Å². The second-order valence-corrected chi connectivity index (χ2v) is 10.2. The summed E-state index contributed by atoms with van der Waals surface area (Å²) < 4.78 is 1.96. The third kappa shape index (κ3) is 4.63. The van der Waals surface area contributed by atoms with Crippen LogP contribution in [0.1, 0.15) is 39.6 Å². The van der Waals surface area contributed by atoms with Gasteiger partial charge in [-0.1, -0.05) is 79.7 Å². The van der Waals surface area contributed by atoms with Gasteiger partial charge in [-0.05, 0) is 66.1 Å². The molecule has 178 valence electrons. The molecule has 0 saturated heterocycles. The smallest absolute Gasteiger partial charge is 0.255 e. The molecular weight excluding hydrogens is 460 g/mol. The largest absolute Gasteiger partial charge is 0.295 e. The maximum Gasteiger partial charge on any atom is 0.255 e. The van der Waals surface area contributed by atoms with Crippen molar-refractivity contribution in [3.8, 4) is 17.2 Å². The highest BCUT2D eigenvalue weighted by atomic mass is 32.1. The second-order valence-electron chi connectivity index (χ2n) is 9.12. The van der Waals surface area contributed by atoms with E-state index in [1.165, 1.54) is 15.8 Å². The first-order valence-electron chi connectivity index (χ1n) is 12.4. The predicted octanol–water partition coefficient (Wildman–Crippen LogP) is 7.31. The Hall–Kier alpha value is -3.94. The van der Waals surface area contributed by atoms with E-state index in [0.717, 1.165) is 51.9 Å². The molecule has 0 spiro atoms. The average molecular weight is 489 g/mol. The minimum absolute atomic E-state index is 0.110. The molecule has 0 fully saturated rings. The van der Waals surface area contributed by atoms with Crippen LogP contribution in [0.5, 0.6) is 0 Å². The van der Waals surface area contributed by atoms with E-state index >= 15 is 0 Å². The average Bonchev–Trinajstić information content (AvgIpc) is 3.37. The number of aromatic nitrogens is 1. The van der Waals surface area contributed by atoms with Crippen molar-refractivity contribution in [3.05, 3.63) is 128 Å². The fourth-order valence-electron chi connectivity index (χ4n) is 4.81. The molecule has 0 aliphatic carbocycles. The molecule has 3 nitrogen and oxygen atoms in total. The fraction of sp³-hybridized carbons (Fsp3) is 0.188. The van der Waals surface area contributed by atoms with Crippen molar-refractivity contribution in [1.29, 1.82) is 5.26 Å². The number of nitrogens with zero attached hydrogens (tertiary/aromatic N) is 2. The summed E-state index contributed by atoms with van der Waals surface area (Å²) in [5, 5.41) is 10.7. The van der Waals surface area contributed by atoms with E-state index in [1.807, 2.05) is 47.0 Å². The molecule has 5 aromatic rings. The van der Waals surface area contributed by atoms with Gasteiger partial charge in [-0.25, -0.2) is 0 Å². The number of fused-ring (bicyclic) bond motifs is 1. The molecule has 5 rings (SSSR count). The SMILES string of the molecule is CCc1cc2c(C)c(CCc3ccccc3)c(=O)n(Cc3ccc(-c4ccccc4C#N)cc3)c2s1. The lowest BCUT2D eigenvalue weighted by Gasteiger charge is -2.14. The minimum atomic E-state index is 0.110. The zero-order chi connectivity index (χ0) is 25.1. The molecule has 4 heteroatoms. The highest BCUT2D eigenvalue weighted by molar-refractivity contribution is 7.18. The van der Waals surface area contributed by atoms with Crippen LogP contribution in [0.15, 0.2) is 89.7 Å². The summed E-state index contributed by atoms with van der Waals surface area (Å²) in [6, 6.07) is 30.8. The molecule has 36 heavy (non-hydrogen) atoms. The lowest BCUT2D eigenvalue weighted by molar-refractivity contribution is 0.774. The molecular formula is C32H28N2OS. The van der Waals surface area contributed by atoms with Gasteiger partial charge >= 0.3 is 0 Å². The zero-order valence-corrected chi connectivity index (χ0v) is 21.4. The molecule has 0 unspecified atom stereocenters. The second kappa shape index (κ2) is 10.4. The Labute approximate surface area is 215 Å². The van der Waals surface area contributed by atoms with Gasteiger partial charge < -0.3 is 0 Å². The number of hydrogen-bond acceptors (Lipinski definition) is 3. The van der Waals surface area contributed by atoms with Crippen LogP contribution in [0.2, 0.25) is 0 Å². The van der Waals surface area contributed by atoms with Crippen LogP contribution >= 0.6 is 11.3 Å². The van der Waals surface area contributed by atoms with Crippen molar-refractivity contribution < 1.29 is 0 Å². The molecule has 3 aromatic carbocycles. The molecule has 0 atom stereocenters. The first-order valence-corrected chi connectivity index (χ1v) is 13.2. The van der Waals surface area contributed by atoms with Gasteiger partial charge in [0.25, 0.3) is 5.56 Å². The summed E-state index contributed by atoms with van der Waals surface area (Å²) in [4.78, 5) is 16.2. The molecule has 0 aliphatic heterocycles. The first kappa shape index (κ1) is 23.8. The Morgan fingerprint density at radius 1 is 0.889 bits per heavy atom. The van der Waals surface area contributed by atoms with Gasteiger partial charge in [0, 0.05) is 15.8 Å². The number of thiophene rings is 1. The lowest BCUT2D eigenvalue weighted by Crippen LogP contribution is -2.26. The van der Waals surface area contributed by atoms with Crippen LogP contribution < -0.4 is 5.56 Å². The van der Waals surface area contributed by atoms with Crippen LogP contribution in [0.25, 0.3) is 21.3 Å². The molecule has 2 heterocycles. The predicted molar refractivity (Wildman–Crippen MR) is 150 cm³/mol. The van der Waals surface area contributed by atoms with Crippen molar-refractivity contribution in [3.63, 3.8) is 0 Å². The molecule has 0 radical (unpaired) electrons. The van der Waals surface area contributed by atoms with Crippen molar-refractivity contribution >= 4 is 21.6 Å². The third-order valence-electron chi connectivity index (χ3n) is 6.88. The van der Waals surface area contributed by atoms with Crippen LogP contribution in [-0.4, -0.2) is 4.57 Å². The molecule has 0 saturated carbocycles. The normalized spacial score (nSPS) is 11.0. The highest BCUT2D eigenvalue weighted by Crippen LogP contribution is 2.30. The van der Waals surface area contributed by atoms with E-state index in [0.29, 0.717) is 12.1 Å². The van der Waals surface area contributed by atoms with E-state index in [1.54, 1.807) is 11.3 Å². The van der Waals surface area contributed by atoms with Gasteiger partial charge in [-0.2, -0.15) is 5.26 Å². The Morgan fingerprint density at radius 3 is 2.33 bits per heavy atom. The summed E-state index contributed by atoms with van der Waals surface area (Å²) in [5.74, 6) is 0. The number of hydrogen-bond donors (Lipinski definition) is 0. The third-order valence-corrected chi connectivity index (χ3v) is 8.18. The van der Waals surface area contributed by atoms with Crippen LogP contribution in [0.3, 0.4) is 0 Å². The van der Waals surface area contributed by atoms with E-state index in [4.69, 9.17) is 0 Å². The quantitative estimate of drug-likeness (QED) is 0.241. The van der Waals surface area contributed by atoms with Crippen molar-refractivity contribution in [2.45, 2.75) is 39.7 Å². The lowest BCUT2D eigenvalue weighted by atomic mass is 9.99. The summed E-state index contributed by atoms with van der Waals surface area (Å²) in [6.45, 7) is 4.79. The Morgan fingerprint density at radius 2 is 1.61 bits per heavy atom. The van der Waals surface area contributed by atoms with Gasteiger partial charge in [0.05, 0.1) is 18.2 Å². The maximum atomic E-state index is 13.8. The van der Waals surface area contributed by atoms with Crippen LogP contribution in [-0.2, 0) is 25.8 Å². The van der Waals surface area contributed by atoms with E-state index in [9.17, 15) is 10.1 Å². The van der Waals surface area contributed by atoms with E-state index in [-0.39, 0.29) is 5.56 Å². The summed E-state index contributed by atoms with van der Waals surface area (Å²) in [7, 11) is 0. The highest BCUT2D eigenvalue weighted by Gasteiger charge is 2.17. The standard InChI is InChI=1S/C32H28N2OS/c1-3-27-19-30-22(2)28(18-15-23-9-5-4-6-10-23)31(35)34(32(30)36-27)21-24-13-16-25(17-14-24)29-12-8-7-11-26(29)20-33/h4-14,16-17,19H,3,15,18,21H2,1-2H3. The monoisotopic (exact) mass is 488 g/mol. The Bertz CT molecular complexity index is 1620. The first-order chi connectivity index (χ1) is 17.6. The number of aryl methyl sites for hydroxylation is 3. The van der Waals surface area contributed by atoms with Crippen molar-refractivity contribution in [1.82, 2.24) is 4.57 Å². The number of benzene rings is 3. The summed E-state index contributed by atoms with van der Waals surface area (Å²) in [6.07, 6.45) is 2.53. The molecule has 0 bridgehead atoms. The topological polar surface area (TPSA) is 45.8 Å². The fourth-order valence-corrected chi connectivity index (χ4v) is 5.96. The van der Waals surface area contributed by atoms with Crippen LogP contribution in [0.4, 0.5) is 0 Å².